The van der Waals surface area contributed by atoms with Gasteiger partial charge in [-0.05, 0) is 19.3 Å². The van der Waals surface area contributed by atoms with Gasteiger partial charge < -0.3 is 0 Å². The largest absolute Gasteiger partial charge is 0.391 e. The minimum atomic E-state index is -4.25. The second-order valence-corrected chi connectivity index (χ2v) is 5.09. The molecule has 0 amide bonds. The normalized spacial score (nSPS) is 29.1. The summed E-state index contributed by atoms with van der Waals surface area (Å²) in [5.41, 5.74) is 0. The van der Waals surface area contributed by atoms with Crippen LogP contribution in [0.1, 0.15) is 25.7 Å². The van der Waals surface area contributed by atoms with E-state index in [1.165, 1.54) is 0 Å². The number of halogens is 3. The predicted molar refractivity (Wildman–Crippen MR) is 48.0 cm³/mol. The van der Waals surface area contributed by atoms with Gasteiger partial charge in [0.2, 0.25) is 0 Å². The van der Waals surface area contributed by atoms with E-state index in [-0.39, 0.29) is 12.8 Å². The molecule has 0 spiro atoms. The third kappa shape index (κ3) is 4.35. The Morgan fingerprint density at radius 1 is 1.27 bits per heavy atom. The number of rotatable bonds is 2. The molecule has 0 bridgehead atoms. The molecule has 0 aromatic heterocycles. The van der Waals surface area contributed by atoms with Gasteiger partial charge in [0.15, 0.2) is 0 Å². The van der Waals surface area contributed by atoms with Crippen LogP contribution in [-0.2, 0) is 10.2 Å². The molecule has 90 valence electrons. The van der Waals surface area contributed by atoms with E-state index in [4.69, 9.17) is 5.14 Å². The lowest BCUT2D eigenvalue weighted by Crippen LogP contribution is -2.44. The highest BCUT2D eigenvalue weighted by Gasteiger charge is 2.42. The molecule has 0 aromatic rings. The highest BCUT2D eigenvalue weighted by atomic mass is 32.2. The summed E-state index contributed by atoms with van der Waals surface area (Å²) in [6, 6.07) is -0.694. The molecule has 4 nitrogen and oxygen atoms in total. The Labute approximate surface area is 86.2 Å². The van der Waals surface area contributed by atoms with Gasteiger partial charge in [-0.3, -0.25) is 0 Å². The zero-order valence-electron chi connectivity index (χ0n) is 7.92. The molecule has 1 aliphatic rings. The maximum Gasteiger partial charge on any atom is 0.391 e. The van der Waals surface area contributed by atoms with Gasteiger partial charge in [-0.1, -0.05) is 6.42 Å². The van der Waals surface area contributed by atoms with Crippen molar-refractivity contribution in [2.45, 2.75) is 37.9 Å². The first-order valence-corrected chi connectivity index (χ1v) is 6.10. The lowest BCUT2D eigenvalue weighted by Gasteiger charge is -2.30. The second kappa shape index (κ2) is 4.26. The first kappa shape index (κ1) is 12.7. The highest BCUT2D eigenvalue weighted by Crippen LogP contribution is 2.37. The Kier molecular flexibility index (Phi) is 3.62. The summed E-state index contributed by atoms with van der Waals surface area (Å²) in [5.74, 6) is -1.43. The summed E-state index contributed by atoms with van der Waals surface area (Å²) in [7, 11) is -3.91. The van der Waals surface area contributed by atoms with Gasteiger partial charge in [-0.2, -0.15) is 26.3 Å². The topological polar surface area (TPSA) is 72.2 Å². The minimum absolute atomic E-state index is 0.0618. The maximum absolute atomic E-state index is 12.3. The molecule has 1 saturated carbocycles. The molecular formula is C7H13F3N2O2S. The molecule has 0 aromatic carbocycles. The van der Waals surface area contributed by atoms with Gasteiger partial charge in [-0.25, -0.2) is 5.14 Å². The standard InChI is InChI=1S/C7H13F3N2O2S/c8-7(9,10)5-2-1-3-6(4-5)12-15(11,13)14/h5-6,12H,1-4H2,(H2,11,13,14). The lowest BCUT2D eigenvalue weighted by atomic mass is 9.86. The summed E-state index contributed by atoms with van der Waals surface area (Å²) >= 11 is 0. The molecule has 1 fully saturated rings. The minimum Gasteiger partial charge on any atom is -0.216 e. The van der Waals surface area contributed by atoms with Crippen molar-refractivity contribution in [1.29, 1.82) is 0 Å². The van der Waals surface area contributed by atoms with Gasteiger partial charge in [0.25, 0.3) is 10.2 Å². The molecular weight excluding hydrogens is 233 g/mol. The first-order valence-electron chi connectivity index (χ1n) is 4.55. The molecule has 1 rings (SSSR count). The molecule has 15 heavy (non-hydrogen) atoms. The smallest absolute Gasteiger partial charge is 0.216 e. The Morgan fingerprint density at radius 2 is 1.87 bits per heavy atom. The summed E-state index contributed by atoms with van der Waals surface area (Å²) in [6.45, 7) is 0. The number of hydrogen-bond donors (Lipinski definition) is 2. The van der Waals surface area contributed by atoms with Crippen molar-refractivity contribution in [1.82, 2.24) is 4.72 Å². The monoisotopic (exact) mass is 246 g/mol. The third-order valence-corrected chi connectivity index (χ3v) is 3.13. The Bertz CT molecular complexity index is 315. The third-order valence-electron chi connectivity index (χ3n) is 2.47. The van der Waals surface area contributed by atoms with E-state index in [0.29, 0.717) is 12.8 Å². The van der Waals surface area contributed by atoms with Crippen LogP contribution in [0.15, 0.2) is 0 Å². The van der Waals surface area contributed by atoms with Crippen LogP contribution in [0, 0.1) is 5.92 Å². The van der Waals surface area contributed by atoms with Crippen LogP contribution in [0.4, 0.5) is 13.2 Å². The highest BCUT2D eigenvalue weighted by molar-refractivity contribution is 7.87. The van der Waals surface area contributed by atoms with Crippen molar-refractivity contribution >= 4 is 10.2 Å². The molecule has 2 unspecified atom stereocenters. The van der Waals surface area contributed by atoms with E-state index < -0.39 is 28.3 Å². The molecule has 3 N–H and O–H groups in total. The van der Waals surface area contributed by atoms with E-state index in [1.807, 2.05) is 4.72 Å². The van der Waals surface area contributed by atoms with E-state index in [2.05, 4.69) is 0 Å². The van der Waals surface area contributed by atoms with Gasteiger partial charge in [0, 0.05) is 6.04 Å². The Hall–Kier alpha value is -0.340. The average Bonchev–Trinajstić information content (AvgIpc) is 1.99. The van der Waals surface area contributed by atoms with Crippen LogP contribution in [0.25, 0.3) is 0 Å². The van der Waals surface area contributed by atoms with Crippen molar-refractivity contribution in [2.24, 2.45) is 11.1 Å². The summed E-state index contributed by atoms with van der Waals surface area (Å²) in [6.07, 6.45) is -3.65. The van der Waals surface area contributed by atoms with Crippen LogP contribution in [0.5, 0.6) is 0 Å². The van der Waals surface area contributed by atoms with Gasteiger partial charge in [-0.15, -0.1) is 0 Å². The Balaban J connectivity index is 2.57. The lowest BCUT2D eigenvalue weighted by molar-refractivity contribution is -0.183. The summed E-state index contributed by atoms with van der Waals surface area (Å²) < 4.78 is 60.3. The van der Waals surface area contributed by atoms with Crippen molar-refractivity contribution in [3.05, 3.63) is 0 Å². The van der Waals surface area contributed by atoms with Crippen molar-refractivity contribution in [3.63, 3.8) is 0 Å². The molecule has 8 heteroatoms. The second-order valence-electron chi connectivity index (χ2n) is 3.76. The molecule has 2 atom stereocenters. The Morgan fingerprint density at radius 3 is 2.33 bits per heavy atom. The zero-order valence-corrected chi connectivity index (χ0v) is 8.74. The quantitative estimate of drug-likeness (QED) is 0.759. The number of nitrogens with two attached hydrogens (primary N) is 1. The first-order chi connectivity index (χ1) is 6.68. The fraction of sp³-hybridized carbons (Fsp3) is 1.00. The fourth-order valence-corrected chi connectivity index (χ4v) is 2.51. The summed E-state index contributed by atoms with van der Waals surface area (Å²) in [4.78, 5) is 0. The predicted octanol–water partition coefficient (Wildman–Crippen LogP) is 0.901. The van der Waals surface area contributed by atoms with Crippen molar-refractivity contribution in [3.8, 4) is 0 Å². The SMILES string of the molecule is NS(=O)(=O)NC1CCCC(C(F)(F)F)C1. The van der Waals surface area contributed by atoms with E-state index in [9.17, 15) is 21.6 Å². The molecule has 0 aliphatic heterocycles. The van der Waals surface area contributed by atoms with Gasteiger partial charge in [0.05, 0.1) is 5.92 Å². The fourth-order valence-electron chi connectivity index (χ4n) is 1.83. The van der Waals surface area contributed by atoms with Crippen LogP contribution >= 0.6 is 0 Å². The van der Waals surface area contributed by atoms with Crippen molar-refractivity contribution < 1.29 is 21.6 Å². The van der Waals surface area contributed by atoms with E-state index in [0.717, 1.165) is 0 Å². The van der Waals surface area contributed by atoms with Crippen LogP contribution in [0.3, 0.4) is 0 Å². The molecule has 0 saturated heterocycles. The van der Waals surface area contributed by atoms with E-state index in [1.54, 1.807) is 0 Å². The molecule has 0 radical (unpaired) electrons. The van der Waals surface area contributed by atoms with Crippen LogP contribution < -0.4 is 9.86 Å². The average molecular weight is 246 g/mol. The number of nitrogens with one attached hydrogen (secondary N) is 1. The zero-order chi connectivity index (χ0) is 11.7. The van der Waals surface area contributed by atoms with Crippen LogP contribution in [0.2, 0.25) is 0 Å². The summed E-state index contributed by atoms with van der Waals surface area (Å²) in [5, 5.41) is 4.70. The number of hydrogen-bond acceptors (Lipinski definition) is 2. The van der Waals surface area contributed by atoms with Crippen LogP contribution in [-0.4, -0.2) is 20.6 Å². The molecule has 1 aliphatic carbocycles. The maximum atomic E-state index is 12.3. The van der Waals surface area contributed by atoms with E-state index >= 15 is 0 Å². The van der Waals surface area contributed by atoms with Gasteiger partial charge >= 0.3 is 6.18 Å². The van der Waals surface area contributed by atoms with Crippen molar-refractivity contribution in [2.75, 3.05) is 0 Å². The number of alkyl halides is 3. The van der Waals surface area contributed by atoms with Gasteiger partial charge in [0.1, 0.15) is 0 Å². The molecule has 0 heterocycles.